The zero-order valence-electron chi connectivity index (χ0n) is 12.6. The first-order chi connectivity index (χ1) is 8.80. The van der Waals surface area contributed by atoms with E-state index < -0.39 is 0 Å². The minimum absolute atomic E-state index is 0. The molecule has 1 aliphatic heterocycles. The molecule has 2 N–H and O–H groups in total. The summed E-state index contributed by atoms with van der Waals surface area (Å²) in [7, 11) is 0. The van der Waals surface area contributed by atoms with Crippen molar-refractivity contribution in [2.75, 3.05) is 26.2 Å². The molecule has 114 valence electrons. The van der Waals surface area contributed by atoms with E-state index in [1.165, 1.54) is 25.7 Å². The molecule has 0 aromatic heterocycles. The van der Waals surface area contributed by atoms with Crippen LogP contribution in [0.5, 0.6) is 0 Å². The van der Waals surface area contributed by atoms with Crippen LogP contribution in [0.2, 0.25) is 0 Å². The lowest BCUT2D eigenvalue weighted by Crippen LogP contribution is -2.41. The van der Waals surface area contributed by atoms with E-state index in [4.69, 9.17) is 4.74 Å². The van der Waals surface area contributed by atoms with E-state index in [0.29, 0.717) is 12.0 Å². The van der Waals surface area contributed by atoms with Crippen molar-refractivity contribution >= 4 is 29.9 Å². The lowest BCUT2D eigenvalue weighted by molar-refractivity contribution is 0.114. The van der Waals surface area contributed by atoms with Gasteiger partial charge in [0.2, 0.25) is 0 Å². The Hall–Kier alpha value is -0.0400. The predicted molar refractivity (Wildman–Crippen MR) is 92.4 cm³/mol. The molecule has 0 amide bonds. The average Bonchev–Trinajstić information content (AvgIpc) is 2.90. The number of nitrogens with one attached hydrogen (secondary N) is 2. The molecule has 4 nitrogen and oxygen atoms in total. The van der Waals surface area contributed by atoms with Crippen molar-refractivity contribution in [3.63, 3.8) is 0 Å². The molecule has 0 saturated carbocycles. The van der Waals surface area contributed by atoms with Crippen molar-refractivity contribution in [3.8, 4) is 0 Å². The van der Waals surface area contributed by atoms with Crippen LogP contribution in [0.3, 0.4) is 0 Å². The fourth-order valence-corrected chi connectivity index (χ4v) is 2.12. The molecule has 1 saturated heterocycles. The van der Waals surface area contributed by atoms with Crippen LogP contribution in [0.25, 0.3) is 0 Å². The van der Waals surface area contributed by atoms with E-state index in [1.807, 2.05) is 0 Å². The molecule has 0 radical (unpaired) electrons. The maximum absolute atomic E-state index is 5.60. The molecule has 1 atom stereocenters. The van der Waals surface area contributed by atoms with Crippen LogP contribution in [-0.4, -0.2) is 38.3 Å². The van der Waals surface area contributed by atoms with Crippen LogP contribution in [0, 0.1) is 5.92 Å². The Kier molecular flexibility index (Phi) is 11.7. The second-order valence-corrected chi connectivity index (χ2v) is 4.92. The topological polar surface area (TPSA) is 45.7 Å². The summed E-state index contributed by atoms with van der Waals surface area (Å²) in [6, 6.07) is 0. The van der Waals surface area contributed by atoms with Crippen molar-refractivity contribution in [1.29, 1.82) is 0 Å². The van der Waals surface area contributed by atoms with Crippen LogP contribution < -0.4 is 10.6 Å². The highest BCUT2D eigenvalue weighted by Crippen LogP contribution is 2.10. The van der Waals surface area contributed by atoms with Gasteiger partial charge in [0.05, 0.1) is 6.10 Å². The van der Waals surface area contributed by atoms with Gasteiger partial charge in [-0.25, -0.2) is 0 Å². The SMILES string of the molecule is CCNC(=NCC(CC)CC)NCC1CCCO1.I. The normalized spacial score (nSPS) is 19.4. The van der Waals surface area contributed by atoms with Crippen molar-refractivity contribution in [2.45, 2.75) is 52.6 Å². The molecule has 0 aromatic rings. The lowest BCUT2D eigenvalue weighted by atomic mass is 10.0. The number of nitrogens with zero attached hydrogens (tertiary/aromatic N) is 1. The molecular formula is C14H30IN3O. The van der Waals surface area contributed by atoms with Gasteiger partial charge in [0.15, 0.2) is 5.96 Å². The Morgan fingerprint density at radius 1 is 1.26 bits per heavy atom. The first kappa shape index (κ1) is 19.0. The van der Waals surface area contributed by atoms with Gasteiger partial charge in [-0.05, 0) is 25.7 Å². The van der Waals surface area contributed by atoms with Crippen molar-refractivity contribution in [2.24, 2.45) is 10.9 Å². The fraction of sp³-hybridized carbons (Fsp3) is 0.929. The summed E-state index contributed by atoms with van der Waals surface area (Å²) in [5, 5.41) is 6.67. The third-order valence-corrected chi connectivity index (χ3v) is 3.53. The highest BCUT2D eigenvalue weighted by atomic mass is 127. The van der Waals surface area contributed by atoms with Gasteiger partial charge in [-0.1, -0.05) is 26.7 Å². The van der Waals surface area contributed by atoms with Gasteiger partial charge >= 0.3 is 0 Å². The fourth-order valence-electron chi connectivity index (χ4n) is 2.12. The highest BCUT2D eigenvalue weighted by Gasteiger charge is 2.15. The third kappa shape index (κ3) is 7.97. The second kappa shape index (κ2) is 11.8. The average molecular weight is 383 g/mol. The maximum Gasteiger partial charge on any atom is 0.191 e. The summed E-state index contributed by atoms with van der Waals surface area (Å²) in [5.41, 5.74) is 0. The van der Waals surface area contributed by atoms with E-state index in [1.54, 1.807) is 0 Å². The Morgan fingerprint density at radius 3 is 2.53 bits per heavy atom. The number of hydrogen-bond donors (Lipinski definition) is 2. The quantitative estimate of drug-likeness (QED) is 0.404. The summed E-state index contributed by atoms with van der Waals surface area (Å²) in [4.78, 5) is 4.66. The molecule has 19 heavy (non-hydrogen) atoms. The molecule has 1 heterocycles. The van der Waals surface area contributed by atoms with Gasteiger partial charge in [-0.2, -0.15) is 0 Å². The maximum atomic E-state index is 5.60. The van der Waals surface area contributed by atoms with Crippen molar-refractivity contribution in [3.05, 3.63) is 0 Å². The first-order valence-corrected chi connectivity index (χ1v) is 7.43. The van der Waals surface area contributed by atoms with E-state index >= 15 is 0 Å². The Morgan fingerprint density at radius 2 is 2.00 bits per heavy atom. The number of rotatable bonds is 7. The zero-order chi connectivity index (χ0) is 13.2. The third-order valence-electron chi connectivity index (χ3n) is 3.53. The Labute approximate surface area is 135 Å². The first-order valence-electron chi connectivity index (χ1n) is 7.43. The Balaban J connectivity index is 0.00000324. The molecule has 0 aromatic carbocycles. The second-order valence-electron chi connectivity index (χ2n) is 4.92. The number of aliphatic imine (C=N–C) groups is 1. The molecule has 0 aliphatic carbocycles. The summed E-state index contributed by atoms with van der Waals surface area (Å²) in [5.74, 6) is 1.63. The van der Waals surface area contributed by atoms with E-state index in [9.17, 15) is 0 Å². The van der Waals surface area contributed by atoms with Gasteiger partial charge in [0, 0.05) is 26.2 Å². The monoisotopic (exact) mass is 383 g/mol. The van der Waals surface area contributed by atoms with Gasteiger partial charge in [-0.15, -0.1) is 24.0 Å². The largest absolute Gasteiger partial charge is 0.376 e. The summed E-state index contributed by atoms with van der Waals surface area (Å²) in [6.45, 7) is 10.2. The predicted octanol–water partition coefficient (Wildman–Crippen LogP) is 2.77. The number of guanidine groups is 1. The van der Waals surface area contributed by atoms with Gasteiger partial charge in [-0.3, -0.25) is 4.99 Å². The van der Waals surface area contributed by atoms with E-state index in [-0.39, 0.29) is 24.0 Å². The molecule has 1 unspecified atom stereocenters. The minimum Gasteiger partial charge on any atom is -0.376 e. The lowest BCUT2D eigenvalue weighted by Gasteiger charge is -2.16. The van der Waals surface area contributed by atoms with Gasteiger partial charge in [0.1, 0.15) is 0 Å². The van der Waals surface area contributed by atoms with Crippen molar-refractivity contribution in [1.82, 2.24) is 10.6 Å². The van der Waals surface area contributed by atoms with Crippen molar-refractivity contribution < 1.29 is 4.74 Å². The summed E-state index contributed by atoms with van der Waals surface area (Å²) in [6.07, 6.45) is 5.12. The number of halogens is 1. The number of hydrogen-bond acceptors (Lipinski definition) is 2. The molecule has 5 heteroatoms. The van der Waals surface area contributed by atoms with E-state index in [0.717, 1.165) is 32.2 Å². The van der Waals surface area contributed by atoms with E-state index in [2.05, 4.69) is 36.4 Å². The highest BCUT2D eigenvalue weighted by molar-refractivity contribution is 14.0. The van der Waals surface area contributed by atoms with Crippen LogP contribution in [0.4, 0.5) is 0 Å². The van der Waals surface area contributed by atoms with Gasteiger partial charge in [0.25, 0.3) is 0 Å². The minimum atomic E-state index is 0. The molecule has 0 bridgehead atoms. The van der Waals surface area contributed by atoms with Crippen LogP contribution in [0.1, 0.15) is 46.5 Å². The molecular weight excluding hydrogens is 353 g/mol. The van der Waals surface area contributed by atoms with Crippen LogP contribution >= 0.6 is 24.0 Å². The van der Waals surface area contributed by atoms with Crippen LogP contribution in [-0.2, 0) is 4.74 Å². The molecule has 1 aliphatic rings. The summed E-state index contributed by atoms with van der Waals surface area (Å²) < 4.78 is 5.60. The molecule has 1 rings (SSSR count). The van der Waals surface area contributed by atoms with Gasteiger partial charge < -0.3 is 15.4 Å². The zero-order valence-corrected chi connectivity index (χ0v) is 14.9. The Bertz CT molecular complexity index is 239. The van der Waals surface area contributed by atoms with Crippen LogP contribution in [0.15, 0.2) is 4.99 Å². The smallest absolute Gasteiger partial charge is 0.191 e. The number of ether oxygens (including phenoxy) is 1. The molecule has 1 fully saturated rings. The standard InChI is InChI=1S/C14H29N3O.HI/c1-4-12(5-2)10-16-14(15-6-3)17-11-13-8-7-9-18-13;/h12-13H,4-11H2,1-3H3,(H2,15,16,17);1H. The molecule has 0 spiro atoms. The summed E-state index contributed by atoms with van der Waals surface area (Å²) >= 11 is 0.